The zero-order chi connectivity index (χ0) is 10.1. The van der Waals surface area contributed by atoms with Crippen LogP contribution in [0.25, 0.3) is 0 Å². The Kier molecular flexibility index (Phi) is 2.56. The minimum absolute atomic E-state index is 0.0373. The Morgan fingerprint density at radius 3 is 2.93 bits per heavy atom. The summed E-state index contributed by atoms with van der Waals surface area (Å²) in [5.74, 6) is 0.0373. The summed E-state index contributed by atoms with van der Waals surface area (Å²) in [6, 6.07) is 5.58. The van der Waals surface area contributed by atoms with Crippen molar-refractivity contribution in [3.8, 4) is 0 Å². The molecule has 1 aliphatic rings. The largest absolute Gasteiger partial charge is 0.388 e. The average Bonchev–Trinajstić information content (AvgIpc) is 2.48. The molecule has 14 heavy (non-hydrogen) atoms. The predicted molar refractivity (Wildman–Crippen MR) is 53.7 cm³/mol. The van der Waals surface area contributed by atoms with Gasteiger partial charge in [0, 0.05) is 0 Å². The first kappa shape index (κ1) is 9.68. The van der Waals surface area contributed by atoms with Crippen LogP contribution in [0.4, 0.5) is 0 Å². The summed E-state index contributed by atoms with van der Waals surface area (Å²) in [4.78, 5) is 0. The zero-order valence-electron chi connectivity index (χ0n) is 7.64. The third-order valence-electron chi connectivity index (χ3n) is 2.61. The van der Waals surface area contributed by atoms with Gasteiger partial charge >= 0.3 is 0 Å². The van der Waals surface area contributed by atoms with Crippen molar-refractivity contribution in [2.75, 3.05) is 0 Å². The molecule has 4 heteroatoms. The molecule has 0 heterocycles. The second kappa shape index (κ2) is 3.71. The van der Waals surface area contributed by atoms with Crippen LogP contribution in [-0.2, 0) is 22.9 Å². The first-order chi connectivity index (χ1) is 6.68. The Morgan fingerprint density at radius 2 is 2.21 bits per heavy atom. The molecule has 0 bridgehead atoms. The van der Waals surface area contributed by atoms with E-state index < -0.39 is 16.8 Å². The molecule has 0 saturated carbocycles. The molecule has 0 spiro atoms. The zero-order valence-corrected chi connectivity index (χ0v) is 8.54. The number of aliphatic hydroxyl groups excluding tert-OH is 1. The molecular formula is C10H12O3S. The maximum atomic E-state index is 10.6. The number of rotatable bonds is 2. The summed E-state index contributed by atoms with van der Waals surface area (Å²) < 4.78 is 21.3. The number of aliphatic hydroxyl groups is 1. The molecule has 1 aliphatic carbocycles. The number of aryl methyl sites for hydroxylation is 1. The van der Waals surface area contributed by atoms with E-state index in [1.165, 1.54) is 0 Å². The van der Waals surface area contributed by atoms with Gasteiger partial charge in [0.2, 0.25) is 0 Å². The third kappa shape index (κ3) is 1.67. The van der Waals surface area contributed by atoms with Gasteiger partial charge in [-0.3, -0.25) is 0 Å². The Balaban J connectivity index is 2.46. The highest BCUT2D eigenvalue weighted by atomic mass is 32.2. The van der Waals surface area contributed by atoms with E-state index in [-0.39, 0.29) is 5.75 Å². The first-order valence-corrected chi connectivity index (χ1v) is 5.95. The van der Waals surface area contributed by atoms with Gasteiger partial charge in [-0.05, 0) is 29.5 Å². The fourth-order valence-electron chi connectivity index (χ4n) is 2.03. The summed E-state index contributed by atoms with van der Waals surface area (Å²) in [6.45, 7) is 0. The fraction of sp³-hybridized carbons (Fsp3) is 0.400. The van der Waals surface area contributed by atoms with Crippen molar-refractivity contribution in [2.24, 2.45) is 0 Å². The van der Waals surface area contributed by atoms with Crippen LogP contribution in [0.1, 0.15) is 29.2 Å². The molecule has 3 nitrogen and oxygen atoms in total. The Bertz CT molecular complexity index is 415. The molecule has 1 N–H and O–H groups in total. The summed E-state index contributed by atoms with van der Waals surface area (Å²) in [5, 5.41) is 9.68. The van der Waals surface area contributed by atoms with E-state index >= 15 is 0 Å². The lowest BCUT2D eigenvalue weighted by atomic mass is 10.0. The van der Waals surface area contributed by atoms with Crippen LogP contribution in [0.3, 0.4) is 0 Å². The highest BCUT2D eigenvalue weighted by molar-refractivity contribution is 7.71. The van der Waals surface area contributed by atoms with Crippen molar-refractivity contribution < 1.29 is 13.5 Å². The highest BCUT2D eigenvalue weighted by Crippen LogP contribution is 2.33. The van der Waals surface area contributed by atoms with Gasteiger partial charge < -0.3 is 5.11 Å². The number of benzene rings is 1. The Hall–Kier alpha value is -0.870. The van der Waals surface area contributed by atoms with E-state index in [1.54, 1.807) is 6.07 Å². The lowest BCUT2D eigenvalue weighted by molar-refractivity contribution is 0.179. The third-order valence-corrected chi connectivity index (χ3v) is 3.21. The number of hydrogen-bond donors (Lipinski definition) is 2. The van der Waals surface area contributed by atoms with Gasteiger partial charge in [0.25, 0.3) is 0 Å². The molecule has 1 aromatic carbocycles. The van der Waals surface area contributed by atoms with Gasteiger partial charge in [-0.1, -0.05) is 18.2 Å². The van der Waals surface area contributed by atoms with Crippen LogP contribution >= 0.6 is 0 Å². The standard InChI is InChI=1S/C10H12O3S/c11-9-5-4-7-2-1-3-8(10(7)9)6-14(12)13/h1-3,9,11,14H,4-6H2. The predicted octanol–water partition coefficient (Wildman–Crippen LogP) is 0.778. The number of fused-ring (bicyclic) bond motifs is 1. The average molecular weight is 212 g/mol. The quantitative estimate of drug-likeness (QED) is 0.712. The van der Waals surface area contributed by atoms with Crippen molar-refractivity contribution in [3.63, 3.8) is 0 Å². The minimum Gasteiger partial charge on any atom is -0.388 e. The molecular weight excluding hydrogens is 200 g/mol. The summed E-state index contributed by atoms with van der Waals surface area (Å²) >= 11 is 0. The number of hydrogen-bond acceptors (Lipinski definition) is 3. The van der Waals surface area contributed by atoms with Crippen LogP contribution in [0.5, 0.6) is 0 Å². The first-order valence-electron chi connectivity index (χ1n) is 4.59. The lowest BCUT2D eigenvalue weighted by Crippen LogP contribution is -1.98. The van der Waals surface area contributed by atoms with Crippen molar-refractivity contribution >= 4 is 10.7 Å². The molecule has 1 atom stereocenters. The van der Waals surface area contributed by atoms with Crippen LogP contribution < -0.4 is 0 Å². The SMILES string of the molecule is O=[SH](=O)Cc1cccc2c1C(O)CC2. The van der Waals surface area contributed by atoms with E-state index in [0.29, 0.717) is 6.42 Å². The van der Waals surface area contributed by atoms with Gasteiger partial charge in [-0.15, -0.1) is 0 Å². The van der Waals surface area contributed by atoms with Gasteiger partial charge in [-0.25, -0.2) is 8.42 Å². The van der Waals surface area contributed by atoms with Gasteiger partial charge in [0.05, 0.1) is 11.9 Å². The van der Waals surface area contributed by atoms with Crippen molar-refractivity contribution in [2.45, 2.75) is 24.7 Å². The maximum absolute atomic E-state index is 10.6. The van der Waals surface area contributed by atoms with Crippen molar-refractivity contribution in [3.05, 3.63) is 34.9 Å². The molecule has 1 unspecified atom stereocenters. The molecule has 2 rings (SSSR count). The fourth-order valence-corrected chi connectivity index (χ4v) is 2.58. The second-order valence-electron chi connectivity index (χ2n) is 3.54. The van der Waals surface area contributed by atoms with Crippen molar-refractivity contribution in [1.29, 1.82) is 0 Å². The second-order valence-corrected chi connectivity index (χ2v) is 4.52. The monoisotopic (exact) mass is 212 g/mol. The van der Waals surface area contributed by atoms with E-state index in [9.17, 15) is 13.5 Å². The molecule has 0 radical (unpaired) electrons. The normalized spacial score (nSPS) is 20.0. The summed E-state index contributed by atoms with van der Waals surface area (Å²) in [7, 11) is -2.41. The summed E-state index contributed by atoms with van der Waals surface area (Å²) in [6.07, 6.45) is 1.08. The van der Waals surface area contributed by atoms with Crippen LogP contribution in [-0.4, -0.2) is 13.5 Å². The Morgan fingerprint density at radius 1 is 1.43 bits per heavy atom. The lowest BCUT2D eigenvalue weighted by Gasteiger charge is -2.08. The smallest absolute Gasteiger partial charge is 0.144 e. The highest BCUT2D eigenvalue weighted by Gasteiger charge is 2.22. The van der Waals surface area contributed by atoms with Crippen LogP contribution in [0.2, 0.25) is 0 Å². The number of thiol groups is 1. The van der Waals surface area contributed by atoms with E-state index in [1.807, 2.05) is 12.1 Å². The van der Waals surface area contributed by atoms with E-state index in [4.69, 9.17) is 0 Å². The minimum atomic E-state index is -2.41. The molecule has 0 fully saturated rings. The van der Waals surface area contributed by atoms with Gasteiger partial charge in [0.15, 0.2) is 0 Å². The van der Waals surface area contributed by atoms with Crippen LogP contribution in [0, 0.1) is 0 Å². The molecule has 0 amide bonds. The maximum Gasteiger partial charge on any atom is 0.144 e. The van der Waals surface area contributed by atoms with Crippen molar-refractivity contribution in [1.82, 2.24) is 0 Å². The van der Waals surface area contributed by atoms with Gasteiger partial charge in [-0.2, -0.15) is 0 Å². The molecule has 76 valence electrons. The summed E-state index contributed by atoms with van der Waals surface area (Å²) in [5.41, 5.74) is 2.68. The molecule has 0 aliphatic heterocycles. The molecule has 0 aromatic heterocycles. The van der Waals surface area contributed by atoms with E-state index in [2.05, 4.69) is 0 Å². The van der Waals surface area contributed by atoms with Crippen LogP contribution in [0.15, 0.2) is 18.2 Å². The molecule has 1 aromatic rings. The topological polar surface area (TPSA) is 54.4 Å². The Labute approximate surface area is 84.3 Å². The van der Waals surface area contributed by atoms with Gasteiger partial charge in [0.1, 0.15) is 10.7 Å². The van der Waals surface area contributed by atoms with E-state index in [0.717, 1.165) is 23.1 Å². The molecule has 0 saturated heterocycles.